The van der Waals surface area contributed by atoms with Crippen molar-refractivity contribution in [3.05, 3.63) is 35.1 Å². The summed E-state index contributed by atoms with van der Waals surface area (Å²) < 4.78 is 19.3. The molecule has 0 aliphatic heterocycles. The number of nitrogens with one attached hydrogen (secondary N) is 1. The lowest BCUT2D eigenvalue weighted by atomic mass is 9.81. The van der Waals surface area contributed by atoms with Gasteiger partial charge in [-0.2, -0.15) is 0 Å². The van der Waals surface area contributed by atoms with E-state index >= 15 is 0 Å². The Balaban J connectivity index is 2.21. The molecule has 1 aromatic rings. The molecule has 1 aliphatic carbocycles. The molecule has 1 saturated carbocycles. The number of benzene rings is 1. The number of halogens is 1. The minimum absolute atomic E-state index is 0.127. The maximum absolute atomic E-state index is 13.5. The highest BCUT2D eigenvalue weighted by Gasteiger charge is 2.30. The Morgan fingerprint density at radius 1 is 1.25 bits per heavy atom. The summed E-state index contributed by atoms with van der Waals surface area (Å²) in [4.78, 5) is 0. The van der Waals surface area contributed by atoms with Gasteiger partial charge in [-0.1, -0.05) is 31.4 Å². The van der Waals surface area contributed by atoms with Gasteiger partial charge in [-0.25, -0.2) is 4.39 Å². The number of methoxy groups -OCH3 is 1. The highest BCUT2D eigenvalue weighted by Crippen LogP contribution is 2.34. The van der Waals surface area contributed by atoms with E-state index in [1.165, 1.54) is 32.1 Å². The van der Waals surface area contributed by atoms with Crippen LogP contribution in [0.5, 0.6) is 0 Å². The normalized spacial score (nSPS) is 19.8. The van der Waals surface area contributed by atoms with Crippen LogP contribution in [0.15, 0.2) is 18.2 Å². The summed E-state index contributed by atoms with van der Waals surface area (Å²) in [5.41, 5.74) is 1.81. The van der Waals surface area contributed by atoms with Crippen molar-refractivity contribution in [2.24, 2.45) is 5.92 Å². The number of rotatable bonds is 5. The molecule has 20 heavy (non-hydrogen) atoms. The van der Waals surface area contributed by atoms with Crippen LogP contribution >= 0.6 is 0 Å². The Labute approximate surface area is 121 Å². The molecular weight excluding hydrogens is 253 g/mol. The highest BCUT2D eigenvalue weighted by molar-refractivity contribution is 5.27. The van der Waals surface area contributed by atoms with Crippen LogP contribution in [0, 0.1) is 18.7 Å². The zero-order chi connectivity index (χ0) is 14.5. The second-order valence-electron chi connectivity index (χ2n) is 5.87. The summed E-state index contributed by atoms with van der Waals surface area (Å²) >= 11 is 0. The Bertz CT molecular complexity index is 429. The predicted octanol–water partition coefficient (Wildman–Crippen LogP) is 3.99. The maximum atomic E-state index is 13.5. The molecule has 0 aromatic heterocycles. The molecule has 2 atom stereocenters. The van der Waals surface area contributed by atoms with E-state index < -0.39 is 0 Å². The number of aryl methyl sites for hydroxylation is 1. The first-order chi connectivity index (χ1) is 9.67. The molecule has 2 nitrogen and oxygen atoms in total. The molecule has 1 aliphatic rings. The Hall–Kier alpha value is -0.930. The van der Waals surface area contributed by atoms with Gasteiger partial charge < -0.3 is 10.1 Å². The van der Waals surface area contributed by atoms with E-state index in [-0.39, 0.29) is 18.0 Å². The van der Waals surface area contributed by atoms with Crippen molar-refractivity contribution in [1.29, 1.82) is 0 Å². The van der Waals surface area contributed by atoms with E-state index in [0.717, 1.165) is 5.56 Å². The number of ether oxygens (including phenoxy) is 1. The van der Waals surface area contributed by atoms with E-state index in [9.17, 15) is 4.39 Å². The molecule has 2 unspecified atom stereocenters. The first-order valence-corrected chi connectivity index (χ1v) is 7.63. The van der Waals surface area contributed by atoms with Crippen molar-refractivity contribution in [1.82, 2.24) is 5.32 Å². The third-order valence-corrected chi connectivity index (χ3v) is 4.57. The Morgan fingerprint density at radius 3 is 2.50 bits per heavy atom. The average molecular weight is 279 g/mol. The van der Waals surface area contributed by atoms with E-state index in [1.54, 1.807) is 13.2 Å². The SMILES string of the molecule is CNC(c1ccc(F)c(C)c1)C(OC)C1CCCCC1. The summed E-state index contributed by atoms with van der Waals surface area (Å²) in [5.74, 6) is 0.451. The van der Waals surface area contributed by atoms with Gasteiger partial charge in [-0.15, -0.1) is 0 Å². The lowest BCUT2D eigenvalue weighted by Gasteiger charge is -2.35. The van der Waals surface area contributed by atoms with Gasteiger partial charge in [-0.3, -0.25) is 0 Å². The monoisotopic (exact) mass is 279 g/mol. The molecule has 112 valence electrons. The van der Waals surface area contributed by atoms with E-state index in [1.807, 2.05) is 26.1 Å². The van der Waals surface area contributed by atoms with Crippen LogP contribution in [0.2, 0.25) is 0 Å². The average Bonchev–Trinajstić information content (AvgIpc) is 2.48. The lowest BCUT2D eigenvalue weighted by molar-refractivity contribution is 0.00938. The molecular formula is C17H26FNO. The summed E-state index contributed by atoms with van der Waals surface area (Å²) in [7, 11) is 3.75. The molecule has 0 radical (unpaired) electrons. The summed E-state index contributed by atoms with van der Waals surface area (Å²) in [6.45, 7) is 1.81. The van der Waals surface area contributed by atoms with Gasteiger partial charge in [0.05, 0.1) is 12.1 Å². The number of likely N-dealkylation sites (N-methyl/N-ethyl adjacent to an activating group) is 1. The van der Waals surface area contributed by atoms with Crippen molar-refractivity contribution >= 4 is 0 Å². The van der Waals surface area contributed by atoms with Crippen LogP contribution in [0.3, 0.4) is 0 Å². The van der Waals surface area contributed by atoms with Gasteiger partial charge in [0.15, 0.2) is 0 Å². The van der Waals surface area contributed by atoms with E-state index in [2.05, 4.69) is 5.32 Å². The van der Waals surface area contributed by atoms with Gasteiger partial charge in [0, 0.05) is 7.11 Å². The van der Waals surface area contributed by atoms with Crippen LogP contribution in [0.1, 0.15) is 49.3 Å². The first kappa shape index (κ1) is 15.5. The fourth-order valence-electron chi connectivity index (χ4n) is 3.45. The molecule has 0 spiro atoms. The predicted molar refractivity (Wildman–Crippen MR) is 80.3 cm³/mol. The van der Waals surface area contributed by atoms with Gasteiger partial charge >= 0.3 is 0 Å². The molecule has 1 aromatic carbocycles. The fraction of sp³-hybridized carbons (Fsp3) is 0.647. The van der Waals surface area contributed by atoms with E-state index in [0.29, 0.717) is 11.5 Å². The van der Waals surface area contributed by atoms with Gasteiger partial charge in [-0.05, 0) is 49.9 Å². The van der Waals surface area contributed by atoms with Crippen molar-refractivity contribution in [3.63, 3.8) is 0 Å². The van der Waals surface area contributed by atoms with Gasteiger partial charge in [0.2, 0.25) is 0 Å². The molecule has 0 saturated heterocycles. The quantitative estimate of drug-likeness (QED) is 0.880. The first-order valence-electron chi connectivity index (χ1n) is 7.63. The van der Waals surface area contributed by atoms with Crippen LogP contribution in [0.25, 0.3) is 0 Å². The van der Waals surface area contributed by atoms with Crippen molar-refractivity contribution in [3.8, 4) is 0 Å². The molecule has 3 heteroatoms. The smallest absolute Gasteiger partial charge is 0.126 e. The van der Waals surface area contributed by atoms with Gasteiger partial charge in [0.1, 0.15) is 5.82 Å². The largest absolute Gasteiger partial charge is 0.379 e. The molecule has 1 N–H and O–H groups in total. The van der Waals surface area contributed by atoms with Crippen LogP contribution in [-0.2, 0) is 4.74 Å². The minimum atomic E-state index is -0.143. The Kier molecular flexibility index (Phi) is 5.55. The van der Waals surface area contributed by atoms with E-state index in [4.69, 9.17) is 4.74 Å². The standard InChI is InChI=1S/C17H26FNO/c1-12-11-14(9-10-15(12)18)16(19-2)17(20-3)13-7-5-4-6-8-13/h9-11,13,16-17,19H,4-8H2,1-3H3. The molecule has 1 fully saturated rings. The second-order valence-corrected chi connectivity index (χ2v) is 5.87. The summed E-state index contributed by atoms with van der Waals surface area (Å²) in [5, 5.41) is 3.37. The molecule has 0 heterocycles. The third kappa shape index (κ3) is 3.39. The Morgan fingerprint density at radius 2 is 1.95 bits per heavy atom. The van der Waals surface area contributed by atoms with Crippen LogP contribution in [-0.4, -0.2) is 20.3 Å². The second kappa shape index (κ2) is 7.19. The summed E-state index contributed by atoms with van der Waals surface area (Å²) in [6.07, 6.45) is 6.55. The van der Waals surface area contributed by atoms with Crippen LogP contribution < -0.4 is 5.32 Å². The zero-order valence-corrected chi connectivity index (χ0v) is 12.8. The highest BCUT2D eigenvalue weighted by atomic mass is 19.1. The lowest BCUT2D eigenvalue weighted by Crippen LogP contribution is -2.37. The molecule has 0 bridgehead atoms. The number of hydrogen-bond donors (Lipinski definition) is 1. The van der Waals surface area contributed by atoms with Gasteiger partial charge in [0.25, 0.3) is 0 Å². The van der Waals surface area contributed by atoms with Crippen molar-refractivity contribution < 1.29 is 9.13 Å². The maximum Gasteiger partial charge on any atom is 0.126 e. The topological polar surface area (TPSA) is 21.3 Å². The fourth-order valence-corrected chi connectivity index (χ4v) is 3.45. The molecule has 2 rings (SSSR count). The molecule has 0 amide bonds. The van der Waals surface area contributed by atoms with Crippen LogP contribution in [0.4, 0.5) is 4.39 Å². The third-order valence-electron chi connectivity index (χ3n) is 4.57. The minimum Gasteiger partial charge on any atom is -0.379 e. The number of hydrogen-bond acceptors (Lipinski definition) is 2. The van der Waals surface area contributed by atoms with Crippen molar-refractivity contribution in [2.75, 3.05) is 14.2 Å². The zero-order valence-electron chi connectivity index (χ0n) is 12.8. The van der Waals surface area contributed by atoms with Crippen molar-refractivity contribution in [2.45, 2.75) is 51.2 Å². The summed E-state index contributed by atoms with van der Waals surface area (Å²) in [6, 6.07) is 5.49.